The fourth-order valence-corrected chi connectivity index (χ4v) is 4.06. The highest BCUT2D eigenvalue weighted by Crippen LogP contribution is 2.35. The van der Waals surface area contributed by atoms with Crippen molar-refractivity contribution < 1.29 is 4.74 Å². The van der Waals surface area contributed by atoms with Gasteiger partial charge in [-0.1, -0.05) is 12.1 Å². The summed E-state index contributed by atoms with van der Waals surface area (Å²) in [6.07, 6.45) is 4.67. The first-order valence-electron chi connectivity index (χ1n) is 8.19. The molecule has 2 fully saturated rings. The zero-order chi connectivity index (χ0) is 15.1. The molecule has 0 saturated carbocycles. The maximum Gasteiger partial charge on any atom is 0.145 e. The lowest BCUT2D eigenvalue weighted by Crippen LogP contribution is -2.50. The van der Waals surface area contributed by atoms with Crippen molar-refractivity contribution in [2.45, 2.75) is 25.8 Å². The lowest BCUT2D eigenvalue weighted by molar-refractivity contribution is 0.231. The molecule has 2 saturated heterocycles. The van der Waals surface area contributed by atoms with Crippen LogP contribution >= 0.6 is 0 Å². The highest BCUT2D eigenvalue weighted by molar-refractivity contribution is 5.96. The third kappa shape index (κ3) is 2.13. The second-order valence-electron chi connectivity index (χ2n) is 6.42. The van der Waals surface area contributed by atoms with Crippen LogP contribution in [0.3, 0.4) is 0 Å². The number of aromatic nitrogens is 1. The van der Waals surface area contributed by atoms with Gasteiger partial charge in [0.05, 0.1) is 12.8 Å². The third-order valence-corrected chi connectivity index (χ3v) is 5.14. The first kappa shape index (κ1) is 13.8. The minimum absolute atomic E-state index is 0.724. The summed E-state index contributed by atoms with van der Waals surface area (Å²) in [5.41, 5.74) is 3.57. The van der Waals surface area contributed by atoms with E-state index in [4.69, 9.17) is 4.74 Å². The molecule has 116 valence electrons. The molecule has 2 aliphatic rings. The van der Waals surface area contributed by atoms with Crippen LogP contribution in [-0.2, 0) is 0 Å². The number of aryl methyl sites for hydroxylation is 1. The number of fused-ring (bicyclic) bond motifs is 2. The van der Waals surface area contributed by atoms with E-state index in [2.05, 4.69) is 33.8 Å². The number of ether oxygens (including phenoxy) is 1. The van der Waals surface area contributed by atoms with Gasteiger partial charge in [-0.2, -0.15) is 0 Å². The van der Waals surface area contributed by atoms with Crippen LogP contribution in [-0.4, -0.2) is 49.2 Å². The average molecular weight is 297 g/mol. The Morgan fingerprint density at radius 1 is 1.23 bits per heavy atom. The van der Waals surface area contributed by atoms with E-state index in [0.29, 0.717) is 0 Å². The highest BCUT2D eigenvalue weighted by atomic mass is 16.5. The van der Waals surface area contributed by atoms with Gasteiger partial charge in [0.15, 0.2) is 0 Å². The fraction of sp³-hybridized carbons (Fsp3) is 0.500. The van der Waals surface area contributed by atoms with Crippen molar-refractivity contribution in [3.63, 3.8) is 0 Å². The van der Waals surface area contributed by atoms with Crippen molar-refractivity contribution in [1.82, 2.24) is 9.88 Å². The van der Waals surface area contributed by atoms with E-state index < -0.39 is 0 Å². The average Bonchev–Trinajstić information content (AvgIpc) is 3.01. The summed E-state index contributed by atoms with van der Waals surface area (Å²) in [6, 6.07) is 6.96. The van der Waals surface area contributed by atoms with Crippen LogP contribution in [0.5, 0.6) is 5.75 Å². The van der Waals surface area contributed by atoms with Gasteiger partial charge in [-0.05, 0) is 37.9 Å². The molecule has 1 aromatic heterocycles. The number of rotatable bonds is 2. The number of anilines is 1. The number of hydrogen-bond donors (Lipinski definition) is 0. The lowest BCUT2D eigenvalue weighted by atomic mass is 10.1. The van der Waals surface area contributed by atoms with Crippen LogP contribution in [0.2, 0.25) is 0 Å². The predicted molar refractivity (Wildman–Crippen MR) is 89.8 cm³/mol. The second kappa shape index (κ2) is 5.43. The Morgan fingerprint density at radius 3 is 3.00 bits per heavy atom. The van der Waals surface area contributed by atoms with E-state index in [0.717, 1.165) is 30.4 Å². The van der Waals surface area contributed by atoms with Crippen molar-refractivity contribution in [2.24, 2.45) is 0 Å². The largest absolute Gasteiger partial charge is 0.494 e. The molecule has 4 nitrogen and oxygen atoms in total. The number of piperazine rings is 1. The van der Waals surface area contributed by atoms with Gasteiger partial charge in [0.25, 0.3) is 0 Å². The van der Waals surface area contributed by atoms with Gasteiger partial charge in [0.1, 0.15) is 11.3 Å². The number of hydrogen-bond acceptors (Lipinski definition) is 4. The third-order valence-electron chi connectivity index (χ3n) is 5.14. The molecule has 4 heteroatoms. The molecule has 4 rings (SSSR count). The maximum atomic E-state index is 5.49. The van der Waals surface area contributed by atoms with E-state index in [9.17, 15) is 0 Å². The fourth-order valence-electron chi connectivity index (χ4n) is 4.06. The summed E-state index contributed by atoms with van der Waals surface area (Å²) in [5, 5.41) is 1.21. The Labute approximate surface area is 131 Å². The Balaban J connectivity index is 1.79. The number of pyridine rings is 1. The van der Waals surface area contributed by atoms with Gasteiger partial charge in [0.2, 0.25) is 0 Å². The molecule has 2 aliphatic heterocycles. The van der Waals surface area contributed by atoms with E-state index >= 15 is 0 Å². The highest BCUT2D eigenvalue weighted by Gasteiger charge is 2.31. The topological polar surface area (TPSA) is 28.6 Å². The minimum atomic E-state index is 0.724. The molecule has 1 atom stereocenters. The zero-order valence-corrected chi connectivity index (χ0v) is 13.4. The molecule has 0 bridgehead atoms. The molecular weight excluding hydrogens is 274 g/mol. The summed E-state index contributed by atoms with van der Waals surface area (Å²) >= 11 is 0. The van der Waals surface area contributed by atoms with Gasteiger partial charge < -0.3 is 9.64 Å². The molecule has 0 N–H and O–H groups in total. The van der Waals surface area contributed by atoms with Crippen LogP contribution in [0.15, 0.2) is 24.4 Å². The van der Waals surface area contributed by atoms with E-state index in [-0.39, 0.29) is 0 Å². The molecule has 0 aliphatic carbocycles. The number of para-hydroxylation sites is 1. The molecule has 2 aromatic rings. The van der Waals surface area contributed by atoms with Crippen molar-refractivity contribution >= 4 is 16.6 Å². The van der Waals surface area contributed by atoms with Crippen LogP contribution in [0.25, 0.3) is 10.9 Å². The first-order valence-corrected chi connectivity index (χ1v) is 8.19. The number of nitrogens with zero attached hydrogens (tertiary/aromatic N) is 3. The minimum Gasteiger partial charge on any atom is -0.494 e. The lowest BCUT2D eigenvalue weighted by Gasteiger charge is -2.39. The number of benzene rings is 1. The SMILES string of the molecule is COc1cccc2c(N3CCN4CCCC4C3)c(C)cnc12. The van der Waals surface area contributed by atoms with Gasteiger partial charge in [0, 0.05) is 37.3 Å². The van der Waals surface area contributed by atoms with E-state index in [1.54, 1.807) is 7.11 Å². The Kier molecular flexibility index (Phi) is 3.41. The van der Waals surface area contributed by atoms with Crippen molar-refractivity contribution in [3.8, 4) is 5.75 Å². The van der Waals surface area contributed by atoms with Gasteiger partial charge in [-0.15, -0.1) is 0 Å². The summed E-state index contributed by atoms with van der Waals surface area (Å²) in [5.74, 6) is 0.859. The first-order chi connectivity index (χ1) is 10.8. The van der Waals surface area contributed by atoms with Crippen LogP contribution < -0.4 is 9.64 Å². The Morgan fingerprint density at radius 2 is 2.14 bits per heavy atom. The van der Waals surface area contributed by atoms with Crippen molar-refractivity contribution in [2.75, 3.05) is 38.2 Å². The zero-order valence-electron chi connectivity index (χ0n) is 13.4. The van der Waals surface area contributed by atoms with Gasteiger partial charge >= 0.3 is 0 Å². The molecule has 1 unspecified atom stereocenters. The Hall–Kier alpha value is -1.81. The normalized spacial score (nSPS) is 22.1. The quantitative estimate of drug-likeness (QED) is 0.852. The van der Waals surface area contributed by atoms with Crippen LogP contribution in [0, 0.1) is 6.92 Å². The van der Waals surface area contributed by atoms with Gasteiger partial charge in [-0.25, -0.2) is 0 Å². The van der Waals surface area contributed by atoms with Crippen molar-refractivity contribution in [1.29, 1.82) is 0 Å². The van der Waals surface area contributed by atoms with Crippen LogP contribution in [0.1, 0.15) is 18.4 Å². The standard InChI is InChI=1S/C18H23N3O/c1-13-11-19-17-15(6-3-7-16(17)22-2)18(13)21-10-9-20-8-4-5-14(20)12-21/h3,6-7,11,14H,4-5,8-10,12H2,1-2H3. The molecule has 1 aromatic carbocycles. The summed E-state index contributed by atoms with van der Waals surface area (Å²) in [6.45, 7) is 6.87. The molecular formula is C18H23N3O. The molecule has 0 radical (unpaired) electrons. The molecule has 0 amide bonds. The van der Waals surface area contributed by atoms with Crippen LogP contribution in [0.4, 0.5) is 5.69 Å². The maximum absolute atomic E-state index is 5.49. The summed E-state index contributed by atoms with van der Waals surface area (Å²) < 4.78 is 5.49. The Bertz CT molecular complexity index is 700. The summed E-state index contributed by atoms with van der Waals surface area (Å²) in [7, 11) is 1.72. The second-order valence-corrected chi connectivity index (χ2v) is 6.42. The monoisotopic (exact) mass is 297 g/mol. The summed E-state index contributed by atoms with van der Waals surface area (Å²) in [4.78, 5) is 9.82. The van der Waals surface area contributed by atoms with E-state index in [1.165, 1.54) is 42.6 Å². The predicted octanol–water partition coefficient (Wildman–Crippen LogP) is 2.84. The molecule has 3 heterocycles. The molecule has 0 spiro atoms. The van der Waals surface area contributed by atoms with Gasteiger partial charge in [-0.3, -0.25) is 9.88 Å². The smallest absolute Gasteiger partial charge is 0.145 e. The van der Waals surface area contributed by atoms with Crippen molar-refractivity contribution in [3.05, 3.63) is 30.0 Å². The molecule has 22 heavy (non-hydrogen) atoms. The van der Waals surface area contributed by atoms with E-state index in [1.807, 2.05) is 12.3 Å². The number of methoxy groups -OCH3 is 1.